The Hall–Kier alpha value is -2.86. The largest absolute Gasteiger partial charge is 0.0836 e. The number of benzene rings is 5. The quantitative estimate of drug-likeness (QED) is 0.221. The lowest BCUT2D eigenvalue weighted by Gasteiger charge is -2.19. The average Bonchev–Trinajstić information content (AvgIpc) is 2.65. The molecule has 0 spiro atoms. The maximum absolute atomic E-state index is 2.38. The second kappa shape index (κ2) is 4.36. The topological polar surface area (TPSA) is 0 Å². The summed E-state index contributed by atoms with van der Waals surface area (Å²) in [6.45, 7) is 0. The van der Waals surface area contributed by atoms with E-state index < -0.39 is 0 Å². The third-order valence-corrected chi connectivity index (χ3v) is 5.63. The number of rotatable bonds is 0. The highest BCUT2D eigenvalue weighted by atomic mass is 14.2. The zero-order chi connectivity index (χ0) is 15.7. The van der Waals surface area contributed by atoms with Crippen LogP contribution in [0.3, 0.4) is 0 Å². The van der Waals surface area contributed by atoms with Gasteiger partial charge in [-0.15, -0.1) is 0 Å². The smallest absolute Gasteiger partial charge is 0.00202 e. The third kappa shape index (κ3) is 1.48. The van der Waals surface area contributed by atoms with E-state index in [0.29, 0.717) is 0 Å². The van der Waals surface area contributed by atoms with E-state index in [1.165, 1.54) is 54.2 Å². The van der Waals surface area contributed by atoms with Crippen molar-refractivity contribution >= 4 is 49.2 Å². The van der Waals surface area contributed by atoms with Crippen LogP contribution in [-0.4, -0.2) is 0 Å². The predicted molar refractivity (Wildman–Crippen MR) is 105 cm³/mol. The molecule has 0 heteroatoms. The first-order valence-electron chi connectivity index (χ1n) is 8.69. The summed E-state index contributed by atoms with van der Waals surface area (Å²) in [6, 6.07) is 22.7. The molecule has 0 radical (unpaired) electrons. The molecule has 0 heterocycles. The van der Waals surface area contributed by atoms with Crippen molar-refractivity contribution in [2.24, 2.45) is 0 Å². The molecule has 0 atom stereocenters. The summed E-state index contributed by atoms with van der Waals surface area (Å²) in [5.41, 5.74) is 2.92. The van der Waals surface area contributed by atoms with Crippen LogP contribution in [-0.2, 0) is 6.42 Å². The van der Waals surface area contributed by atoms with Crippen molar-refractivity contribution in [3.63, 3.8) is 0 Å². The molecule has 1 aliphatic rings. The molecule has 0 aromatic heterocycles. The monoisotopic (exact) mass is 304 g/mol. The summed E-state index contributed by atoms with van der Waals surface area (Å²) >= 11 is 0. The van der Waals surface area contributed by atoms with Crippen LogP contribution in [0.5, 0.6) is 0 Å². The Kier molecular flexibility index (Phi) is 2.28. The van der Waals surface area contributed by atoms with Crippen molar-refractivity contribution in [3.8, 4) is 0 Å². The van der Waals surface area contributed by atoms with E-state index in [-0.39, 0.29) is 0 Å². The van der Waals surface area contributed by atoms with Crippen LogP contribution in [0, 0.1) is 0 Å². The van der Waals surface area contributed by atoms with E-state index in [1.54, 1.807) is 0 Å². The molecular weight excluding hydrogens is 288 g/mol. The molecule has 0 saturated heterocycles. The molecule has 0 saturated carbocycles. The first-order chi connectivity index (χ1) is 11.9. The number of aryl methyl sites for hydroxylation is 1. The van der Waals surface area contributed by atoms with Crippen molar-refractivity contribution in [1.82, 2.24) is 0 Å². The minimum Gasteiger partial charge on any atom is -0.0836 e. The molecule has 0 bridgehead atoms. The SMILES string of the molecule is C1=Cc2cc3ccc4c5ccccc5cc5ccc(c2CC1)c3c54. The lowest BCUT2D eigenvalue weighted by molar-refractivity contribution is 0.998. The molecule has 0 fully saturated rings. The molecule has 5 aromatic carbocycles. The third-order valence-electron chi connectivity index (χ3n) is 5.63. The average molecular weight is 304 g/mol. The van der Waals surface area contributed by atoms with Crippen LogP contribution in [0.25, 0.3) is 49.2 Å². The fraction of sp³-hybridized carbons (Fsp3) is 0.0833. The van der Waals surface area contributed by atoms with Gasteiger partial charge < -0.3 is 0 Å². The van der Waals surface area contributed by atoms with Crippen molar-refractivity contribution in [2.45, 2.75) is 12.8 Å². The maximum Gasteiger partial charge on any atom is -0.00202 e. The standard InChI is InChI=1S/C24H16/c1-3-7-19-15(5-1)13-17-9-12-22-20-8-4-2-6-16(20)14-18-10-11-21(19)23(17)24(18)22/h1-3,5-7,9-14H,4,8H2. The molecular formula is C24H16. The van der Waals surface area contributed by atoms with Crippen molar-refractivity contribution in [2.75, 3.05) is 0 Å². The Bertz CT molecular complexity index is 1290. The molecule has 0 amide bonds. The maximum atomic E-state index is 2.38. The highest BCUT2D eigenvalue weighted by Gasteiger charge is 2.16. The van der Waals surface area contributed by atoms with E-state index in [1.807, 2.05) is 0 Å². The Morgan fingerprint density at radius 1 is 0.625 bits per heavy atom. The number of allylic oxidation sites excluding steroid dienone is 1. The van der Waals surface area contributed by atoms with E-state index in [0.717, 1.165) is 12.8 Å². The Morgan fingerprint density at radius 3 is 2.38 bits per heavy atom. The first kappa shape index (κ1) is 12.5. The zero-order valence-corrected chi connectivity index (χ0v) is 13.3. The minimum atomic E-state index is 1.15. The van der Waals surface area contributed by atoms with Crippen molar-refractivity contribution in [3.05, 3.63) is 77.9 Å². The van der Waals surface area contributed by atoms with Gasteiger partial charge in [0.15, 0.2) is 0 Å². The van der Waals surface area contributed by atoms with Gasteiger partial charge in [-0.2, -0.15) is 0 Å². The highest BCUT2D eigenvalue weighted by molar-refractivity contribution is 6.29. The van der Waals surface area contributed by atoms with Gasteiger partial charge >= 0.3 is 0 Å². The molecule has 1 aliphatic carbocycles. The fourth-order valence-electron chi connectivity index (χ4n) is 4.58. The molecule has 112 valence electrons. The highest BCUT2D eigenvalue weighted by Crippen LogP contribution is 2.41. The van der Waals surface area contributed by atoms with E-state index >= 15 is 0 Å². The second-order valence-electron chi connectivity index (χ2n) is 6.91. The summed E-state index contributed by atoms with van der Waals surface area (Å²) in [6.07, 6.45) is 6.90. The fourth-order valence-corrected chi connectivity index (χ4v) is 4.58. The van der Waals surface area contributed by atoms with Crippen LogP contribution in [0.1, 0.15) is 17.5 Å². The van der Waals surface area contributed by atoms with Crippen LogP contribution in [0.15, 0.2) is 66.7 Å². The first-order valence-corrected chi connectivity index (χ1v) is 8.69. The van der Waals surface area contributed by atoms with E-state index in [9.17, 15) is 0 Å². The van der Waals surface area contributed by atoms with Crippen molar-refractivity contribution in [1.29, 1.82) is 0 Å². The van der Waals surface area contributed by atoms with Gasteiger partial charge in [-0.25, -0.2) is 0 Å². The molecule has 0 unspecified atom stereocenters. The summed E-state index contributed by atoms with van der Waals surface area (Å²) in [4.78, 5) is 0. The lowest BCUT2D eigenvalue weighted by Crippen LogP contribution is -1.97. The normalized spacial score (nSPS) is 14.2. The van der Waals surface area contributed by atoms with E-state index in [2.05, 4.69) is 72.8 Å². The molecule has 0 N–H and O–H groups in total. The van der Waals surface area contributed by atoms with Gasteiger partial charge in [0.2, 0.25) is 0 Å². The minimum absolute atomic E-state index is 1.15. The van der Waals surface area contributed by atoms with Crippen LogP contribution in [0.2, 0.25) is 0 Å². The van der Waals surface area contributed by atoms with E-state index in [4.69, 9.17) is 0 Å². The van der Waals surface area contributed by atoms with Crippen LogP contribution < -0.4 is 0 Å². The Morgan fingerprint density at radius 2 is 1.42 bits per heavy atom. The lowest BCUT2D eigenvalue weighted by atomic mass is 9.85. The number of hydrogen-bond acceptors (Lipinski definition) is 0. The van der Waals surface area contributed by atoms with Gasteiger partial charge in [0, 0.05) is 0 Å². The Labute approximate surface area is 140 Å². The summed E-state index contributed by atoms with van der Waals surface area (Å²) in [5.74, 6) is 0. The van der Waals surface area contributed by atoms with Crippen LogP contribution >= 0.6 is 0 Å². The number of hydrogen-bond donors (Lipinski definition) is 0. The van der Waals surface area contributed by atoms with Crippen molar-refractivity contribution < 1.29 is 0 Å². The summed E-state index contributed by atoms with van der Waals surface area (Å²) in [5, 5.41) is 11.1. The van der Waals surface area contributed by atoms with Gasteiger partial charge in [-0.3, -0.25) is 0 Å². The van der Waals surface area contributed by atoms with Gasteiger partial charge in [0.1, 0.15) is 0 Å². The summed E-state index contributed by atoms with van der Waals surface area (Å²) < 4.78 is 0. The molecule has 0 nitrogen and oxygen atoms in total. The van der Waals surface area contributed by atoms with Gasteiger partial charge in [-0.05, 0) is 79.2 Å². The zero-order valence-electron chi connectivity index (χ0n) is 13.3. The molecule has 5 aromatic rings. The molecule has 24 heavy (non-hydrogen) atoms. The van der Waals surface area contributed by atoms with Gasteiger partial charge in [0.25, 0.3) is 0 Å². The van der Waals surface area contributed by atoms with Crippen LogP contribution in [0.4, 0.5) is 0 Å². The Balaban J connectivity index is 1.94. The molecule has 0 aliphatic heterocycles. The van der Waals surface area contributed by atoms with Gasteiger partial charge in [0.05, 0.1) is 0 Å². The predicted octanol–water partition coefficient (Wildman–Crippen LogP) is 6.70. The molecule has 6 rings (SSSR count). The second-order valence-corrected chi connectivity index (χ2v) is 6.91. The number of fused-ring (bicyclic) bond motifs is 4. The van der Waals surface area contributed by atoms with Gasteiger partial charge in [-0.1, -0.05) is 60.7 Å². The summed E-state index contributed by atoms with van der Waals surface area (Å²) in [7, 11) is 0.